The van der Waals surface area contributed by atoms with E-state index in [4.69, 9.17) is 5.73 Å². The van der Waals surface area contributed by atoms with E-state index < -0.39 is 0 Å². The maximum absolute atomic E-state index is 13.2. The summed E-state index contributed by atoms with van der Waals surface area (Å²) in [7, 11) is 1.73. The van der Waals surface area contributed by atoms with Crippen LogP contribution in [0.15, 0.2) is 60.8 Å². The van der Waals surface area contributed by atoms with Crippen LogP contribution in [0.1, 0.15) is 33.8 Å². The number of carbonyl (C=O) groups excluding carboxylic acids is 2. The third-order valence-electron chi connectivity index (χ3n) is 6.01. The summed E-state index contributed by atoms with van der Waals surface area (Å²) in [4.78, 5) is 30.0. The van der Waals surface area contributed by atoms with Crippen LogP contribution in [0, 0.1) is 0 Å². The van der Waals surface area contributed by atoms with Gasteiger partial charge in [-0.15, -0.1) is 0 Å². The predicted octanol–water partition coefficient (Wildman–Crippen LogP) is 4.04. The van der Waals surface area contributed by atoms with Crippen molar-refractivity contribution in [1.82, 2.24) is 14.9 Å². The van der Waals surface area contributed by atoms with Gasteiger partial charge >= 0.3 is 0 Å². The van der Waals surface area contributed by atoms with Crippen LogP contribution in [0.2, 0.25) is 0 Å². The maximum atomic E-state index is 13.2. The highest BCUT2D eigenvalue weighted by atomic mass is 16.2. The first-order chi connectivity index (χ1) is 16.1. The molecule has 0 atom stereocenters. The van der Waals surface area contributed by atoms with E-state index in [-0.39, 0.29) is 17.6 Å². The number of nitrogens with two attached hydrogens (primary N) is 1. The summed E-state index contributed by atoms with van der Waals surface area (Å²) in [6.07, 6.45) is 3.30. The van der Waals surface area contributed by atoms with Gasteiger partial charge in [-0.25, -0.2) is 4.98 Å². The van der Waals surface area contributed by atoms with Crippen molar-refractivity contribution < 1.29 is 9.59 Å². The molecule has 0 spiro atoms. The fraction of sp³-hybridized carbons (Fsp3) is 0.192. The van der Waals surface area contributed by atoms with E-state index in [1.54, 1.807) is 17.8 Å². The third kappa shape index (κ3) is 3.76. The van der Waals surface area contributed by atoms with E-state index in [1.807, 2.05) is 24.3 Å². The Labute approximate surface area is 190 Å². The van der Waals surface area contributed by atoms with Crippen LogP contribution < -0.4 is 16.4 Å². The minimum absolute atomic E-state index is 0.244. The highest BCUT2D eigenvalue weighted by molar-refractivity contribution is 6.27. The van der Waals surface area contributed by atoms with Gasteiger partial charge in [0.25, 0.3) is 11.8 Å². The van der Waals surface area contributed by atoms with Gasteiger partial charge < -0.3 is 20.9 Å². The summed E-state index contributed by atoms with van der Waals surface area (Å²) in [5.74, 6) is 0.0347. The number of unbranched alkanes of at least 4 members (excludes halogenated alkanes) is 1. The van der Waals surface area contributed by atoms with Gasteiger partial charge in [0.05, 0.1) is 0 Å². The summed E-state index contributed by atoms with van der Waals surface area (Å²) in [5.41, 5.74) is 6.06. The lowest BCUT2D eigenvalue weighted by molar-refractivity contribution is 0.0938. The molecule has 0 saturated heterocycles. The molecule has 2 amide bonds. The average Bonchev–Trinajstić information content (AvgIpc) is 3.19. The molecule has 0 aliphatic carbocycles. The van der Waals surface area contributed by atoms with Crippen LogP contribution in [0.3, 0.4) is 0 Å². The first-order valence-corrected chi connectivity index (χ1v) is 11.1. The van der Waals surface area contributed by atoms with Gasteiger partial charge in [0.15, 0.2) is 5.82 Å². The van der Waals surface area contributed by atoms with Gasteiger partial charge in [-0.05, 0) is 57.8 Å². The highest BCUT2D eigenvalue weighted by Gasteiger charge is 2.18. The molecule has 4 N–H and O–H groups in total. The Kier molecular flexibility index (Phi) is 5.40. The molecule has 4 aromatic carbocycles. The molecule has 0 radical (unpaired) electrons. The molecule has 7 heteroatoms. The molecule has 5 aromatic rings. The van der Waals surface area contributed by atoms with Gasteiger partial charge in [-0.3, -0.25) is 9.59 Å². The SMILES string of the molecule is Cn1cc(NC(=O)c2ccc3ccc4cccc5ccc2c3c45)nc1C(=O)NCCCCN. The number of anilines is 1. The van der Waals surface area contributed by atoms with Crippen molar-refractivity contribution in [3.05, 3.63) is 72.2 Å². The maximum Gasteiger partial charge on any atom is 0.287 e. The van der Waals surface area contributed by atoms with Crippen LogP contribution >= 0.6 is 0 Å². The number of aromatic nitrogens is 2. The van der Waals surface area contributed by atoms with Crippen LogP contribution in [0.25, 0.3) is 32.3 Å². The molecule has 0 bridgehead atoms. The zero-order chi connectivity index (χ0) is 22.9. The van der Waals surface area contributed by atoms with Crippen molar-refractivity contribution in [2.75, 3.05) is 18.4 Å². The Morgan fingerprint density at radius 2 is 1.61 bits per heavy atom. The number of amides is 2. The first kappa shape index (κ1) is 20.9. The smallest absolute Gasteiger partial charge is 0.287 e. The molecule has 1 aromatic heterocycles. The molecular weight excluding hydrogens is 414 g/mol. The van der Waals surface area contributed by atoms with E-state index in [1.165, 1.54) is 0 Å². The van der Waals surface area contributed by atoms with Crippen molar-refractivity contribution in [2.24, 2.45) is 12.8 Å². The lowest BCUT2D eigenvalue weighted by Crippen LogP contribution is -2.27. The van der Waals surface area contributed by atoms with Gasteiger partial charge in [-0.2, -0.15) is 0 Å². The third-order valence-corrected chi connectivity index (χ3v) is 6.01. The minimum atomic E-state index is -0.280. The largest absolute Gasteiger partial charge is 0.349 e. The second-order valence-corrected chi connectivity index (χ2v) is 8.24. The highest BCUT2D eigenvalue weighted by Crippen LogP contribution is 2.36. The van der Waals surface area contributed by atoms with Crippen molar-refractivity contribution in [3.8, 4) is 0 Å². The van der Waals surface area contributed by atoms with Crippen LogP contribution in [0.5, 0.6) is 0 Å². The number of carbonyl (C=O) groups is 2. The standard InChI is InChI=1S/C26H25N5O2/c1-31-15-21(29-24(31)26(33)28-14-3-2-13-27)30-25(32)20-12-10-18-8-7-16-5-4-6-17-9-11-19(20)23(18)22(16)17/h4-12,15H,2-3,13-14,27H2,1H3,(H,28,33)(H,30,32). The van der Waals surface area contributed by atoms with E-state index in [0.717, 1.165) is 45.2 Å². The molecule has 166 valence electrons. The normalized spacial score (nSPS) is 11.5. The molecule has 1 heterocycles. The molecule has 0 aliphatic heterocycles. The lowest BCUT2D eigenvalue weighted by Gasteiger charge is -2.13. The van der Waals surface area contributed by atoms with Crippen LogP contribution in [0.4, 0.5) is 5.82 Å². The van der Waals surface area contributed by atoms with E-state index in [0.29, 0.717) is 24.5 Å². The number of nitrogens with zero attached hydrogens (tertiary/aromatic N) is 2. The van der Waals surface area contributed by atoms with Crippen molar-refractivity contribution >= 4 is 49.9 Å². The second-order valence-electron chi connectivity index (χ2n) is 8.24. The monoisotopic (exact) mass is 439 g/mol. The fourth-order valence-electron chi connectivity index (χ4n) is 4.40. The summed E-state index contributed by atoms with van der Waals surface area (Å²) >= 11 is 0. The zero-order valence-corrected chi connectivity index (χ0v) is 18.4. The molecule has 7 nitrogen and oxygen atoms in total. The average molecular weight is 440 g/mol. The van der Waals surface area contributed by atoms with Gasteiger partial charge in [0.1, 0.15) is 0 Å². The van der Waals surface area contributed by atoms with Crippen LogP contribution in [-0.2, 0) is 7.05 Å². The number of aryl methyl sites for hydroxylation is 1. The molecule has 5 rings (SSSR count). The summed E-state index contributed by atoms with van der Waals surface area (Å²) in [6, 6.07) is 18.3. The summed E-state index contributed by atoms with van der Waals surface area (Å²) < 4.78 is 1.61. The number of imidazole rings is 1. The number of rotatable bonds is 7. The Morgan fingerprint density at radius 1 is 0.909 bits per heavy atom. The number of nitrogens with one attached hydrogen (secondary N) is 2. The van der Waals surface area contributed by atoms with E-state index in [2.05, 4.69) is 45.9 Å². The topological polar surface area (TPSA) is 102 Å². The fourth-order valence-corrected chi connectivity index (χ4v) is 4.40. The molecular formula is C26H25N5O2. The molecule has 0 aliphatic rings. The van der Waals surface area contributed by atoms with Gasteiger partial charge in [-0.1, -0.05) is 48.5 Å². The Bertz CT molecular complexity index is 1470. The first-order valence-electron chi connectivity index (χ1n) is 11.1. The molecule has 0 saturated carbocycles. The van der Waals surface area contributed by atoms with Crippen molar-refractivity contribution in [3.63, 3.8) is 0 Å². The zero-order valence-electron chi connectivity index (χ0n) is 18.4. The van der Waals surface area contributed by atoms with E-state index >= 15 is 0 Å². The molecule has 0 unspecified atom stereocenters. The van der Waals surface area contributed by atoms with Crippen molar-refractivity contribution in [2.45, 2.75) is 12.8 Å². The Balaban J connectivity index is 1.44. The lowest BCUT2D eigenvalue weighted by atomic mass is 9.92. The predicted molar refractivity (Wildman–Crippen MR) is 132 cm³/mol. The summed E-state index contributed by atoms with van der Waals surface area (Å²) in [6.45, 7) is 1.13. The number of hydrogen-bond donors (Lipinski definition) is 3. The second kappa shape index (κ2) is 8.52. The van der Waals surface area contributed by atoms with E-state index in [9.17, 15) is 9.59 Å². The quantitative estimate of drug-likeness (QED) is 0.263. The molecule has 0 fully saturated rings. The Hall–Kier alpha value is -3.97. The Morgan fingerprint density at radius 3 is 2.36 bits per heavy atom. The van der Waals surface area contributed by atoms with Gasteiger partial charge in [0, 0.05) is 25.4 Å². The summed E-state index contributed by atoms with van der Waals surface area (Å²) in [5, 5.41) is 12.2. The minimum Gasteiger partial charge on any atom is -0.349 e. The van der Waals surface area contributed by atoms with Gasteiger partial charge in [0.2, 0.25) is 5.82 Å². The molecule has 33 heavy (non-hydrogen) atoms. The number of hydrogen-bond acceptors (Lipinski definition) is 4. The number of benzene rings is 4. The van der Waals surface area contributed by atoms with Crippen LogP contribution in [-0.4, -0.2) is 34.5 Å². The van der Waals surface area contributed by atoms with Crippen molar-refractivity contribution in [1.29, 1.82) is 0 Å².